The highest BCUT2D eigenvalue weighted by molar-refractivity contribution is 5.93. The van der Waals surface area contributed by atoms with E-state index in [0.717, 1.165) is 5.56 Å². The molecule has 0 aliphatic carbocycles. The molecule has 0 aromatic heterocycles. The van der Waals surface area contributed by atoms with Gasteiger partial charge in [0.25, 0.3) is 0 Å². The summed E-state index contributed by atoms with van der Waals surface area (Å²) in [4.78, 5) is 21.3. The van der Waals surface area contributed by atoms with E-state index >= 15 is 0 Å². The quantitative estimate of drug-likeness (QED) is 0.508. The molecule has 1 rings (SSSR count). The molecule has 5 heteroatoms. The lowest BCUT2D eigenvalue weighted by Crippen LogP contribution is -2.27. The van der Waals surface area contributed by atoms with Crippen LogP contribution in [0.25, 0.3) is 6.08 Å². The summed E-state index contributed by atoms with van der Waals surface area (Å²) >= 11 is 0. The van der Waals surface area contributed by atoms with Gasteiger partial charge in [0.15, 0.2) is 0 Å². The van der Waals surface area contributed by atoms with Crippen LogP contribution in [0.15, 0.2) is 30.3 Å². The van der Waals surface area contributed by atoms with Gasteiger partial charge in [-0.25, -0.2) is 0 Å². The third-order valence-corrected chi connectivity index (χ3v) is 1.75. The van der Waals surface area contributed by atoms with Crippen LogP contribution in [-0.2, 0) is 9.59 Å². The molecule has 0 spiro atoms. The van der Waals surface area contributed by atoms with Gasteiger partial charge in [-0.3, -0.25) is 9.59 Å². The summed E-state index contributed by atoms with van der Waals surface area (Å²) in [5, 5.41) is 10.5. The van der Waals surface area contributed by atoms with E-state index in [1.807, 2.05) is 0 Å². The van der Waals surface area contributed by atoms with E-state index in [9.17, 15) is 9.59 Å². The van der Waals surface area contributed by atoms with Gasteiger partial charge in [-0.05, 0) is 23.8 Å². The highest BCUT2D eigenvalue weighted by Crippen LogP contribution is 2.07. The van der Waals surface area contributed by atoms with Gasteiger partial charge in [0, 0.05) is 11.8 Å². The fraction of sp³-hybridized carbons (Fsp3) is 0.0909. The minimum Gasteiger partial charge on any atom is -0.480 e. The van der Waals surface area contributed by atoms with Gasteiger partial charge in [-0.2, -0.15) is 0 Å². The fourth-order valence-corrected chi connectivity index (χ4v) is 1.06. The minimum absolute atomic E-state index is 0.389. The fourth-order valence-electron chi connectivity index (χ4n) is 1.06. The van der Waals surface area contributed by atoms with Crippen LogP contribution in [0.2, 0.25) is 0 Å². The number of carboxylic acid groups (broad SMARTS) is 1. The number of carboxylic acids is 1. The Morgan fingerprint density at radius 2 is 2.19 bits per heavy atom. The van der Waals surface area contributed by atoms with Gasteiger partial charge in [-0.15, -0.1) is 0 Å². The Kier molecular flexibility index (Phi) is 4.08. The Hall–Kier alpha value is -2.30. The molecule has 5 nitrogen and oxygen atoms in total. The number of nitrogen functional groups attached to an aromatic ring is 1. The first-order valence-electron chi connectivity index (χ1n) is 4.61. The van der Waals surface area contributed by atoms with Crippen LogP contribution in [-0.4, -0.2) is 23.5 Å². The van der Waals surface area contributed by atoms with Gasteiger partial charge in [-0.1, -0.05) is 12.1 Å². The van der Waals surface area contributed by atoms with Gasteiger partial charge < -0.3 is 16.2 Å². The summed E-state index contributed by atoms with van der Waals surface area (Å²) < 4.78 is 0. The van der Waals surface area contributed by atoms with Crippen LogP contribution < -0.4 is 11.1 Å². The van der Waals surface area contributed by atoms with Crippen molar-refractivity contribution in [3.8, 4) is 0 Å². The molecule has 0 heterocycles. The van der Waals surface area contributed by atoms with Crippen LogP contribution in [0.5, 0.6) is 0 Å². The third kappa shape index (κ3) is 4.28. The smallest absolute Gasteiger partial charge is 0.322 e. The number of hydrogen-bond acceptors (Lipinski definition) is 3. The van der Waals surface area contributed by atoms with Crippen molar-refractivity contribution in [3.63, 3.8) is 0 Å². The Labute approximate surface area is 92.6 Å². The van der Waals surface area contributed by atoms with Crippen molar-refractivity contribution in [2.75, 3.05) is 12.3 Å². The molecule has 0 unspecified atom stereocenters. The van der Waals surface area contributed by atoms with Crippen LogP contribution in [0, 0.1) is 0 Å². The van der Waals surface area contributed by atoms with Gasteiger partial charge in [0.2, 0.25) is 5.91 Å². The van der Waals surface area contributed by atoms with Gasteiger partial charge in [0.05, 0.1) is 0 Å². The summed E-state index contributed by atoms with van der Waals surface area (Å²) in [6.45, 7) is -0.389. The van der Waals surface area contributed by atoms with E-state index in [4.69, 9.17) is 10.8 Å². The molecule has 0 bridgehead atoms. The summed E-state index contributed by atoms with van der Waals surface area (Å²) in [5.74, 6) is -1.53. The first kappa shape index (κ1) is 11.8. The molecule has 1 amide bonds. The number of aliphatic carboxylic acids is 1. The monoisotopic (exact) mass is 220 g/mol. The molecule has 4 N–H and O–H groups in total. The zero-order valence-electron chi connectivity index (χ0n) is 8.51. The van der Waals surface area contributed by atoms with E-state index in [2.05, 4.69) is 5.32 Å². The van der Waals surface area contributed by atoms with Crippen molar-refractivity contribution >= 4 is 23.6 Å². The molecule has 0 radical (unpaired) electrons. The van der Waals surface area contributed by atoms with Crippen LogP contribution >= 0.6 is 0 Å². The zero-order valence-corrected chi connectivity index (χ0v) is 8.51. The van der Waals surface area contributed by atoms with Crippen molar-refractivity contribution in [1.29, 1.82) is 0 Å². The first-order chi connectivity index (χ1) is 7.58. The lowest BCUT2D eigenvalue weighted by Gasteiger charge is -1.97. The average molecular weight is 220 g/mol. The maximum absolute atomic E-state index is 11.1. The van der Waals surface area contributed by atoms with E-state index < -0.39 is 11.9 Å². The average Bonchev–Trinajstić information content (AvgIpc) is 2.23. The molecule has 0 aliphatic heterocycles. The normalized spacial score (nSPS) is 10.2. The number of anilines is 1. The van der Waals surface area contributed by atoms with E-state index in [-0.39, 0.29) is 6.54 Å². The lowest BCUT2D eigenvalue weighted by atomic mass is 10.2. The third-order valence-electron chi connectivity index (χ3n) is 1.75. The largest absolute Gasteiger partial charge is 0.480 e. The highest BCUT2D eigenvalue weighted by atomic mass is 16.4. The summed E-state index contributed by atoms with van der Waals surface area (Å²) in [6.07, 6.45) is 2.82. The summed E-state index contributed by atoms with van der Waals surface area (Å²) in [5.41, 5.74) is 6.94. The summed E-state index contributed by atoms with van der Waals surface area (Å²) in [7, 11) is 0. The molecule has 1 aromatic rings. The van der Waals surface area contributed by atoms with Crippen molar-refractivity contribution in [1.82, 2.24) is 5.32 Å². The number of nitrogens with one attached hydrogen (secondary N) is 1. The van der Waals surface area contributed by atoms with Crippen molar-refractivity contribution in [2.45, 2.75) is 0 Å². The van der Waals surface area contributed by atoms with Crippen molar-refractivity contribution in [3.05, 3.63) is 35.9 Å². The number of carbonyl (C=O) groups excluding carboxylic acids is 1. The molecule has 0 saturated carbocycles. The molecular weight excluding hydrogens is 208 g/mol. The number of carbonyl (C=O) groups is 2. The molecule has 84 valence electrons. The Bertz CT molecular complexity index is 427. The van der Waals surface area contributed by atoms with Crippen molar-refractivity contribution < 1.29 is 14.7 Å². The van der Waals surface area contributed by atoms with Gasteiger partial charge >= 0.3 is 5.97 Å². The Balaban J connectivity index is 2.53. The lowest BCUT2D eigenvalue weighted by molar-refractivity contribution is -0.137. The molecule has 1 aromatic carbocycles. The highest BCUT2D eigenvalue weighted by Gasteiger charge is 1.98. The number of hydrogen-bond donors (Lipinski definition) is 3. The molecule has 0 aliphatic rings. The maximum Gasteiger partial charge on any atom is 0.322 e. The molecule has 0 saturated heterocycles. The van der Waals surface area contributed by atoms with Gasteiger partial charge in [0.1, 0.15) is 6.54 Å². The zero-order chi connectivity index (χ0) is 12.0. The van der Waals surface area contributed by atoms with E-state index in [0.29, 0.717) is 5.69 Å². The Morgan fingerprint density at radius 3 is 2.81 bits per heavy atom. The van der Waals surface area contributed by atoms with Crippen LogP contribution in [0.4, 0.5) is 5.69 Å². The second-order valence-corrected chi connectivity index (χ2v) is 3.11. The topological polar surface area (TPSA) is 92.4 Å². The van der Waals surface area contributed by atoms with Crippen molar-refractivity contribution in [2.24, 2.45) is 0 Å². The first-order valence-corrected chi connectivity index (χ1v) is 4.61. The molecular formula is C11H12N2O3. The predicted octanol–water partition coefficient (Wildman–Crippen LogP) is 0.483. The number of rotatable bonds is 4. The predicted molar refractivity (Wildman–Crippen MR) is 60.5 cm³/mol. The van der Waals surface area contributed by atoms with Crippen LogP contribution in [0.1, 0.15) is 5.56 Å². The number of amides is 1. The maximum atomic E-state index is 11.1. The molecule has 0 fully saturated rings. The van der Waals surface area contributed by atoms with E-state index in [1.165, 1.54) is 6.08 Å². The standard InChI is InChI=1S/C11H12N2O3/c12-9-3-1-2-8(6-9)4-5-10(14)13-7-11(15)16/h1-6H,7,12H2,(H,13,14)(H,15,16)/b5-4+. The molecule has 16 heavy (non-hydrogen) atoms. The minimum atomic E-state index is -1.08. The van der Waals surface area contributed by atoms with E-state index in [1.54, 1.807) is 30.3 Å². The number of benzene rings is 1. The second-order valence-electron chi connectivity index (χ2n) is 3.11. The second kappa shape index (κ2) is 5.55. The van der Waals surface area contributed by atoms with Crippen LogP contribution in [0.3, 0.4) is 0 Å². The molecule has 0 atom stereocenters. The SMILES string of the molecule is Nc1cccc(/C=C/C(=O)NCC(=O)O)c1. The summed E-state index contributed by atoms with van der Waals surface area (Å²) in [6, 6.07) is 7.00. The number of nitrogens with two attached hydrogens (primary N) is 1. The Morgan fingerprint density at radius 1 is 1.44 bits per heavy atom.